The molecular weight excluding hydrogens is 900 g/mol. The molecule has 0 saturated carbocycles. The van der Waals surface area contributed by atoms with Crippen molar-refractivity contribution in [2.75, 3.05) is 46.3 Å². The molecule has 1 N–H and O–H groups in total. The molecule has 0 aliphatic carbocycles. The molecule has 352 valence electrons. The molecule has 2 atom stereocenters. The number of nitrogens with one attached hydrogen (secondary N) is 1. The lowest BCUT2D eigenvalue weighted by atomic mass is 10.00. The van der Waals surface area contributed by atoms with Crippen molar-refractivity contribution < 1.29 is 14.3 Å². The first-order valence-corrected chi connectivity index (χ1v) is 25.0. The molecule has 16 heteroatoms. The summed E-state index contributed by atoms with van der Waals surface area (Å²) in [6.45, 7) is 24.0. The van der Waals surface area contributed by atoms with Gasteiger partial charge in [0.15, 0.2) is 0 Å². The maximum absolute atomic E-state index is 12.8. The molecule has 9 rings (SSSR count). The van der Waals surface area contributed by atoms with Gasteiger partial charge in [-0.05, 0) is 118 Å². The number of carbonyl (C=O) groups excluding carboxylic acids is 2. The number of benzene rings is 1. The molecule has 3 aliphatic heterocycles. The monoisotopic (exact) mass is 960 g/mol. The molecule has 1 saturated heterocycles. The van der Waals surface area contributed by atoms with Crippen LogP contribution in [0.1, 0.15) is 118 Å². The number of piperazine rings is 1. The molecule has 1 fully saturated rings. The minimum atomic E-state index is -0.545. The van der Waals surface area contributed by atoms with Gasteiger partial charge < -0.3 is 19.9 Å². The molecule has 0 radical (unpaired) electrons. The normalized spacial score (nSPS) is 17.1. The van der Waals surface area contributed by atoms with Gasteiger partial charge in [0, 0.05) is 112 Å². The molecule has 5 aromatic heterocycles. The van der Waals surface area contributed by atoms with E-state index >= 15 is 0 Å². The Balaban J connectivity index is 0.000000186. The Morgan fingerprint density at radius 1 is 0.761 bits per heavy atom. The molecule has 13 nitrogen and oxygen atoms in total. The van der Waals surface area contributed by atoms with Crippen molar-refractivity contribution in [2.45, 2.75) is 99.3 Å². The van der Waals surface area contributed by atoms with Crippen LogP contribution in [0, 0.1) is 41.5 Å². The summed E-state index contributed by atoms with van der Waals surface area (Å²) in [5.74, 6) is 1.42. The number of carbonyl (C=O) groups is 2. The molecule has 67 heavy (non-hydrogen) atoms. The molecular formula is C51H61ClN10O3S2. The summed E-state index contributed by atoms with van der Waals surface area (Å²) in [7, 11) is 2.16. The number of aryl methyl sites for hydroxylation is 4. The number of hydrogen-bond acceptors (Lipinski definition) is 12. The number of aliphatic imine (C=N–C) groups is 2. The average Bonchev–Trinajstić information content (AvgIpc) is 3.98. The summed E-state index contributed by atoms with van der Waals surface area (Å²) in [5, 5.41) is 6.08. The highest BCUT2D eigenvalue weighted by Crippen LogP contribution is 2.41. The number of esters is 1. The van der Waals surface area contributed by atoms with Crippen molar-refractivity contribution in [1.29, 1.82) is 0 Å². The van der Waals surface area contributed by atoms with E-state index in [0.29, 0.717) is 18.0 Å². The van der Waals surface area contributed by atoms with Gasteiger partial charge in [-0.1, -0.05) is 23.7 Å². The summed E-state index contributed by atoms with van der Waals surface area (Å²) in [6, 6.07) is 11.0. The van der Waals surface area contributed by atoms with Gasteiger partial charge in [-0.2, -0.15) is 0 Å². The maximum atomic E-state index is 12.8. The van der Waals surface area contributed by atoms with Crippen molar-refractivity contribution in [3.8, 4) is 10.0 Å². The predicted octanol–water partition coefficient (Wildman–Crippen LogP) is 9.43. The summed E-state index contributed by atoms with van der Waals surface area (Å²) in [4.78, 5) is 56.7. The standard InChI is InChI=1S/C28H35ClN6OS.C23H26N4O2S/c1-18-16-31-27-23(17-30-24(36)6-5-11-34-14-12-33(4)13-15-34)32-26(21-7-9-22(29)10-8-21)25-19(2)20(3)37-28(25)35(18)27;1-13-12-25-21-17(11-18(28)29-23(4,5)6)26-20(16-7-9-24-10-8-16)19-14(2)15(3)30-22(19)27(13)21/h7-10,16,23H,5-6,11-15,17H2,1-4H3,(H,30,36);7-10,12,17H,11H2,1-6H3. The number of likely N-dealkylation sites (N-methyl/N-ethyl adjacent to an activating group) is 1. The van der Waals surface area contributed by atoms with E-state index < -0.39 is 11.6 Å². The Hall–Kier alpha value is -5.32. The van der Waals surface area contributed by atoms with Gasteiger partial charge in [-0.3, -0.25) is 33.7 Å². The van der Waals surface area contributed by atoms with Gasteiger partial charge in [0.2, 0.25) is 5.91 Å². The number of imidazole rings is 2. The highest BCUT2D eigenvalue weighted by Gasteiger charge is 2.34. The lowest BCUT2D eigenvalue weighted by Gasteiger charge is -2.32. The van der Waals surface area contributed by atoms with Crippen LogP contribution in [-0.2, 0) is 14.3 Å². The Morgan fingerprint density at radius 2 is 1.28 bits per heavy atom. The van der Waals surface area contributed by atoms with E-state index in [4.69, 9.17) is 31.3 Å². The minimum absolute atomic E-state index is 0.0678. The summed E-state index contributed by atoms with van der Waals surface area (Å²) in [5.41, 5.74) is 9.97. The number of halogens is 1. The Bertz CT molecular complexity index is 2820. The van der Waals surface area contributed by atoms with Crippen LogP contribution in [0.15, 0.2) is 71.2 Å². The highest BCUT2D eigenvalue weighted by atomic mass is 35.5. The van der Waals surface area contributed by atoms with E-state index in [1.165, 1.54) is 20.9 Å². The van der Waals surface area contributed by atoms with E-state index in [9.17, 15) is 9.59 Å². The second-order valence-corrected chi connectivity index (χ2v) is 21.5. The van der Waals surface area contributed by atoms with Crippen LogP contribution in [0.5, 0.6) is 0 Å². The Morgan fingerprint density at radius 3 is 1.84 bits per heavy atom. The Labute approximate surface area is 407 Å². The Kier molecular flexibility index (Phi) is 14.4. The second kappa shape index (κ2) is 20.1. The van der Waals surface area contributed by atoms with Crippen molar-refractivity contribution in [3.63, 3.8) is 0 Å². The van der Waals surface area contributed by atoms with Gasteiger partial charge in [0.05, 0.1) is 17.8 Å². The van der Waals surface area contributed by atoms with Crippen molar-refractivity contribution in [3.05, 3.63) is 132 Å². The first-order chi connectivity index (χ1) is 32.0. The fraction of sp³-hybridized carbons (Fsp3) is 0.431. The zero-order chi connectivity index (χ0) is 47.7. The smallest absolute Gasteiger partial charge is 0.308 e. The molecule has 1 aromatic carbocycles. The number of aromatic nitrogens is 5. The number of amides is 1. The van der Waals surface area contributed by atoms with Crippen LogP contribution in [0.2, 0.25) is 5.02 Å². The first kappa shape index (κ1) is 48.1. The van der Waals surface area contributed by atoms with Gasteiger partial charge in [0.25, 0.3) is 0 Å². The fourth-order valence-electron chi connectivity index (χ4n) is 8.76. The van der Waals surface area contributed by atoms with E-state index in [1.54, 1.807) is 35.1 Å². The molecule has 0 bridgehead atoms. The maximum Gasteiger partial charge on any atom is 0.308 e. The molecule has 1 amide bonds. The van der Waals surface area contributed by atoms with Crippen molar-refractivity contribution in [2.24, 2.45) is 9.98 Å². The largest absolute Gasteiger partial charge is 0.460 e. The van der Waals surface area contributed by atoms with Gasteiger partial charge in [0.1, 0.15) is 39.3 Å². The van der Waals surface area contributed by atoms with Gasteiger partial charge in [-0.15, -0.1) is 22.7 Å². The first-order valence-electron chi connectivity index (χ1n) is 23.0. The quantitative estimate of drug-likeness (QED) is 0.134. The lowest BCUT2D eigenvalue weighted by Crippen LogP contribution is -2.44. The molecule has 8 heterocycles. The summed E-state index contributed by atoms with van der Waals surface area (Å²) < 4.78 is 9.96. The van der Waals surface area contributed by atoms with Crippen LogP contribution in [0.25, 0.3) is 10.0 Å². The fourth-order valence-corrected chi connectivity index (χ4v) is 11.3. The van der Waals surface area contributed by atoms with Crippen molar-refractivity contribution in [1.82, 2.24) is 39.2 Å². The topological polar surface area (TPSA) is 135 Å². The lowest BCUT2D eigenvalue weighted by molar-refractivity contribution is -0.155. The molecule has 3 aliphatic rings. The SMILES string of the molecule is Cc1sc2c(c1C)C(c1ccc(Cl)cc1)=NC(CNC(=O)CCCN1CCN(C)CC1)c1ncc(C)n1-2.Cc1sc2c(c1C)C(c1ccncc1)=NC(CC(=O)OC(C)(C)C)c1ncc(C)n1-2. The number of nitrogens with zero attached hydrogens (tertiary/aromatic N) is 9. The minimum Gasteiger partial charge on any atom is -0.460 e. The van der Waals surface area contributed by atoms with Crippen LogP contribution in [-0.4, -0.2) is 109 Å². The third-order valence-electron chi connectivity index (χ3n) is 12.5. The van der Waals surface area contributed by atoms with Gasteiger partial charge >= 0.3 is 5.97 Å². The number of pyridine rings is 1. The number of thiophene rings is 2. The number of rotatable bonds is 10. The zero-order valence-electron chi connectivity index (χ0n) is 40.2. The van der Waals surface area contributed by atoms with E-state index in [1.807, 2.05) is 76.5 Å². The summed E-state index contributed by atoms with van der Waals surface area (Å²) in [6.07, 6.45) is 8.80. The van der Waals surface area contributed by atoms with E-state index in [0.717, 1.165) is 106 Å². The zero-order valence-corrected chi connectivity index (χ0v) is 42.6. The highest BCUT2D eigenvalue weighted by molar-refractivity contribution is 7.15. The third-order valence-corrected chi connectivity index (χ3v) is 15.2. The molecule has 2 unspecified atom stereocenters. The summed E-state index contributed by atoms with van der Waals surface area (Å²) >= 11 is 9.70. The van der Waals surface area contributed by atoms with Crippen LogP contribution in [0.3, 0.4) is 0 Å². The number of hydrogen-bond donors (Lipinski definition) is 1. The van der Waals surface area contributed by atoms with E-state index in [-0.39, 0.29) is 24.3 Å². The van der Waals surface area contributed by atoms with Crippen LogP contribution in [0.4, 0.5) is 0 Å². The van der Waals surface area contributed by atoms with Crippen molar-refractivity contribution >= 4 is 57.6 Å². The number of fused-ring (bicyclic) bond motifs is 6. The predicted molar refractivity (Wildman–Crippen MR) is 270 cm³/mol. The van der Waals surface area contributed by atoms with E-state index in [2.05, 4.69) is 75.9 Å². The average molecular weight is 962 g/mol. The van der Waals surface area contributed by atoms with Gasteiger partial charge in [-0.25, -0.2) is 9.97 Å². The van der Waals surface area contributed by atoms with Crippen LogP contribution < -0.4 is 5.32 Å². The molecule has 6 aromatic rings. The number of ether oxygens (including phenoxy) is 1. The second-order valence-electron chi connectivity index (χ2n) is 18.7. The molecule has 0 spiro atoms. The van der Waals surface area contributed by atoms with Crippen LogP contribution >= 0.6 is 34.3 Å². The third kappa shape index (κ3) is 10.6.